The number of halogens is 2. The zero-order chi connectivity index (χ0) is 19.8. The van der Waals surface area contributed by atoms with E-state index in [0.717, 1.165) is 25.9 Å². The molecule has 0 saturated heterocycles. The van der Waals surface area contributed by atoms with Crippen molar-refractivity contribution in [3.8, 4) is 0 Å². The van der Waals surface area contributed by atoms with Gasteiger partial charge in [-0.15, -0.1) is 6.42 Å². The molecule has 2 rings (SSSR count). The maximum Gasteiger partial charge on any atom is 3.00 e. The maximum absolute atomic E-state index is 6.79. The Hall–Kier alpha value is 0.214. The number of hydrogen-bond donors (Lipinski definition) is 0. The Balaban J connectivity index is 0. The zero-order valence-corrected chi connectivity index (χ0v) is 22.9. The summed E-state index contributed by atoms with van der Waals surface area (Å²) in [6.07, 6.45) is 15.8. The third kappa shape index (κ3) is 6.36. The molecule has 1 unspecified atom stereocenters. The second-order valence-electron chi connectivity index (χ2n) is 10.4. The molecule has 0 saturated carbocycles. The van der Waals surface area contributed by atoms with Crippen molar-refractivity contribution in [3.05, 3.63) is 47.1 Å². The molecule has 2 aliphatic rings. The third-order valence-corrected chi connectivity index (χ3v) is 5.95. The summed E-state index contributed by atoms with van der Waals surface area (Å²) >= 11 is 0. The van der Waals surface area contributed by atoms with Crippen LogP contribution in [-0.4, -0.2) is 12.2 Å². The summed E-state index contributed by atoms with van der Waals surface area (Å²) in [5.74, 6) is 0. The van der Waals surface area contributed by atoms with Crippen LogP contribution in [0.5, 0.6) is 0 Å². The summed E-state index contributed by atoms with van der Waals surface area (Å²) in [5.41, 5.74) is 3.87. The van der Waals surface area contributed by atoms with Gasteiger partial charge in [0, 0.05) is 6.61 Å². The molecule has 163 valence electrons. The standard InChI is InChI=1S/C25H39O.2ClH.Ti/c1-10-17-26-25(24(8,9)19-13-11-12-14-19)16-15-20(22(2,3)4)18-21(25)23(5,6)7;;;/h11,13,15,18H,10,12,16-17H2,1-9H3;2*1H;/q-1;;;+3/p-2. The first-order chi connectivity index (χ1) is 11.9. The van der Waals surface area contributed by atoms with Crippen LogP contribution >= 0.6 is 0 Å². The van der Waals surface area contributed by atoms with Gasteiger partial charge in [-0.3, -0.25) is 6.08 Å². The van der Waals surface area contributed by atoms with Gasteiger partial charge in [-0.2, -0.15) is 6.08 Å². The quantitative estimate of drug-likeness (QED) is 0.431. The number of allylic oxidation sites excluding steroid dienone is 5. The summed E-state index contributed by atoms with van der Waals surface area (Å²) in [6.45, 7) is 21.6. The van der Waals surface area contributed by atoms with E-state index < -0.39 is 0 Å². The summed E-state index contributed by atoms with van der Waals surface area (Å²) < 4.78 is 6.79. The molecule has 0 amide bonds. The van der Waals surface area contributed by atoms with E-state index in [9.17, 15) is 0 Å². The molecule has 0 fully saturated rings. The Kier molecular flexibility index (Phi) is 12.1. The van der Waals surface area contributed by atoms with Gasteiger partial charge in [0.05, 0.1) is 5.60 Å². The Morgan fingerprint density at radius 2 is 1.59 bits per heavy atom. The molecule has 2 aliphatic carbocycles. The van der Waals surface area contributed by atoms with Crippen LogP contribution in [0.15, 0.2) is 41.0 Å². The van der Waals surface area contributed by atoms with E-state index in [4.69, 9.17) is 4.74 Å². The van der Waals surface area contributed by atoms with Gasteiger partial charge < -0.3 is 29.6 Å². The van der Waals surface area contributed by atoms with E-state index >= 15 is 0 Å². The van der Waals surface area contributed by atoms with Crippen molar-refractivity contribution in [1.82, 2.24) is 0 Å². The molecule has 1 radical (unpaired) electrons. The SMILES string of the molecule is CCCOC1(C(C)(C)C2=[C-]CC=C2)CC=C(C(C)(C)C)C=C1C(C)(C)C.[Cl-].[Cl-].[Ti+3]. The summed E-state index contributed by atoms with van der Waals surface area (Å²) in [7, 11) is 0. The monoisotopic (exact) mass is 473 g/mol. The van der Waals surface area contributed by atoms with Crippen molar-refractivity contribution in [2.24, 2.45) is 16.2 Å². The minimum absolute atomic E-state index is 0. The Morgan fingerprint density at radius 1 is 1.00 bits per heavy atom. The Bertz CT molecular complexity index is 657. The van der Waals surface area contributed by atoms with Crippen molar-refractivity contribution in [3.63, 3.8) is 0 Å². The first-order valence-electron chi connectivity index (χ1n) is 10.2. The van der Waals surface area contributed by atoms with Crippen molar-refractivity contribution in [1.29, 1.82) is 0 Å². The molecule has 0 aromatic carbocycles. The summed E-state index contributed by atoms with van der Waals surface area (Å²) in [6, 6.07) is 0. The van der Waals surface area contributed by atoms with Gasteiger partial charge >= 0.3 is 21.7 Å². The van der Waals surface area contributed by atoms with Gasteiger partial charge in [-0.1, -0.05) is 74.5 Å². The number of hydrogen-bond acceptors (Lipinski definition) is 1. The minimum Gasteiger partial charge on any atom is -1.00 e. The van der Waals surface area contributed by atoms with E-state index in [2.05, 4.69) is 92.7 Å². The average molecular weight is 474 g/mol. The molecule has 1 atom stereocenters. The number of ether oxygens (including phenoxy) is 1. The van der Waals surface area contributed by atoms with E-state index in [1.807, 2.05) is 0 Å². The molecule has 0 spiro atoms. The zero-order valence-electron chi connectivity index (χ0n) is 19.8. The van der Waals surface area contributed by atoms with E-state index in [1.54, 1.807) is 0 Å². The summed E-state index contributed by atoms with van der Waals surface area (Å²) in [4.78, 5) is 0. The van der Waals surface area contributed by atoms with Crippen LogP contribution in [0.2, 0.25) is 0 Å². The van der Waals surface area contributed by atoms with E-state index in [-0.39, 0.29) is 68.4 Å². The van der Waals surface area contributed by atoms with Crippen LogP contribution in [0.3, 0.4) is 0 Å². The van der Waals surface area contributed by atoms with E-state index in [0.29, 0.717) is 0 Å². The number of rotatable bonds is 5. The van der Waals surface area contributed by atoms with Crippen LogP contribution in [0.25, 0.3) is 0 Å². The molecule has 0 N–H and O–H groups in total. The van der Waals surface area contributed by atoms with Gasteiger partial charge in [0.15, 0.2) is 0 Å². The van der Waals surface area contributed by atoms with Gasteiger partial charge in [-0.05, 0) is 40.2 Å². The fourth-order valence-corrected chi connectivity index (χ4v) is 4.28. The second kappa shape index (κ2) is 11.2. The molecule has 4 heteroatoms. The summed E-state index contributed by atoms with van der Waals surface area (Å²) in [5, 5.41) is 0. The van der Waals surface area contributed by atoms with Crippen LogP contribution in [0.4, 0.5) is 0 Å². The molecule has 1 nitrogen and oxygen atoms in total. The molecule has 0 aromatic heterocycles. The maximum atomic E-state index is 6.79. The normalized spacial score (nSPS) is 21.9. The largest absolute Gasteiger partial charge is 3.00 e. The molecular formula is C25H39Cl2OTi. The molecule has 0 aromatic rings. The van der Waals surface area contributed by atoms with Gasteiger partial charge in [0.2, 0.25) is 0 Å². The molecule has 0 heterocycles. The first kappa shape index (κ1) is 31.4. The van der Waals surface area contributed by atoms with Crippen LogP contribution in [0, 0.1) is 22.3 Å². The predicted molar refractivity (Wildman–Crippen MR) is 113 cm³/mol. The Labute approximate surface area is 207 Å². The van der Waals surface area contributed by atoms with E-state index in [1.165, 1.54) is 16.7 Å². The first-order valence-corrected chi connectivity index (χ1v) is 10.2. The van der Waals surface area contributed by atoms with Crippen LogP contribution in [-0.2, 0) is 26.5 Å². The van der Waals surface area contributed by atoms with Crippen molar-refractivity contribution in [2.75, 3.05) is 6.61 Å². The van der Waals surface area contributed by atoms with Gasteiger partial charge in [-0.25, -0.2) is 11.6 Å². The fraction of sp³-hybridized carbons (Fsp3) is 0.680. The van der Waals surface area contributed by atoms with Gasteiger partial charge in [0.1, 0.15) is 0 Å². The third-order valence-electron chi connectivity index (χ3n) is 5.95. The molecule has 29 heavy (non-hydrogen) atoms. The molecular weight excluding hydrogens is 435 g/mol. The predicted octanol–water partition coefficient (Wildman–Crippen LogP) is 1.22. The molecule has 0 aliphatic heterocycles. The smallest absolute Gasteiger partial charge is 1.00 e. The van der Waals surface area contributed by atoms with Crippen LogP contribution < -0.4 is 24.8 Å². The second-order valence-corrected chi connectivity index (χ2v) is 10.4. The van der Waals surface area contributed by atoms with Gasteiger partial charge in [0.25, 0.3) is 0 Å². The topological polar surface area (TPSA) is 9.23 Å². The van der Waals surface area contributed by atoms with Crippen molar-refractivity contribution in [2.45, 2.75) is 87.2 Å². The average Bonchev–Trinajstić information content (AvgIpc) is 3.05. The van der Waals surface area contributed by atoms with Crippen molar-refractivity contribution >= 4 is 0 Å². The fourth-order valence-electron chi connectivity index (χ4n) is 4.28. The van der Waals surface area contributed by atoms with Crippen molar-refractivity contribution < 1.29 is 51.3 Å². The molecule has 0 bridgehead atoms. The van der Waals surface area contributed by atoms with Crippen LogP contribution in [0.1, 0.15) is 81.6 Å². The Morgan fingerprint density at radius 3 is 2.00 bits per heavy atom. The minimum atomic E-state index is -0.326.